The fraction of sp³-hybridized carbons (Fsp3) is 0.412. The van der Waals surface area contributed by atoms with Gasteiger partial charge in [-0.1, -0.05) is 24.3 Å². The third kappa shape index (κ3) is 13.6. The molecule has 2 fully saturated rings. The monoisotopic (exact) mass is 886 g/mol. The van der Waals surface area contributed by atoms with Gasteiger partial charge < -0.3 is 60.2 Å². The van der Waals surface area contributed by atoms with Crippen LogP contribution >= 0.6 is 0 Å². The van der Waals surface area contributed by atoms with Gasteiger partial charge in [-0.2, -0.15) is 29.9 Å². The van der Waals surface area contributed by atoms with Gasteiger partial charge in [0.25, 0.3) is 0 Å². The number of benzene rings is 2. The van der Waals surface area contributed by atoms with Gasteiger partial charge >= 0.3 is 59.1 Å². The van der Waals surface area contributed by atoms with Crippen LogP contribution < -0.4 is 90.2 Å². The van der Waals surface area contributed by atoms with Gasteiger partial charge in [0.1, 0.15) is 20.2 Å². The van der Waals surface area contributed by atoms with Gasteiger partial charge in [-0.3, -0.25) is 0 Å². The van der Waals surface area contributed by atoms with Crippen LogP contribution in [0.15, 0.2) is 46.2 Å². The number of nitrogens with zero attached hydrogens (tertiary/aromatic N) is 10. The molecule has 6 N–H and O–H groups in total. The molecular formula is C34H44N14Na2O8S2. The molecule has 4 heterocycles. The second-order valence-electron chi connectivity index (χ2n) is 13.4. The van der Waals surface area contributed by atoms with Crippen LogP contribution in [0.25, 0.3) is 12.2 Å². The summed E-state index contributed by atoms with van der Waals surface area (Å²) in [7, 11) is -6.17. The number of rotatable bonds is 16. The molecule has 0 unspecified atom stereocenters. The maximum Gasteiger partial charge on any atom is 1.00 e. The zero-order valence-electron chi connectivity index (χ0n) is 33.7. The maximum absolute atomic E-state index is 12.5. The summed E-state index contributed by atoms with van der Waals surface area (Å²) in [6.07, 6.45) is 2.43. The molecule has 2 aliphatic heterocycles. The summed E-state index contributed by atoms with van der Waals surface area (Å²) >= 11 is 0. The van der Waals surface area contributed by atoms with Crippen LogP contribution in [0.2, 0.25) is 0 Å². The van der Waals surface area contributed by atoms with E-state index in [2.05, 4.69) is 61.0 Å². The summed E-state index contributed by atoms with van der Waals surface area (Å²) < 4.78 is 75.0. The quantitative estimate of drug-likeness (QED) is 0.0347. The molecule has 26 heteroatoms. The van der Waals surface area contributed by atoms with Crippen LogP contribution in [0.5, 0.6) is 0 Å². The number of aromatic nitrogens is 6. The molecular weight excluding hydrogens is 843 g/mol. The second kappa shape index (κ2) is 22.1. The summed E-state index contributed by atoms with van der Waals surface area (Å²) in [6.45, 7) is 5.69. The smallest absolute Gasteiger partial charge is 0.744 e. The third-order valence-electron chi connectivity index (χ3n) is 9.13. The Morgan fingerprint density at radius 3 is 1.27 bits per heavy atom. The molecule has 0 amide bonds. The molecule has 2 aromatic carbocycles. The van der Waals surface area contributed by atoms with E-state index in [4.69, 9.17) is 0 Å². The van der Waals surface area contributed by atoms with Crippen molar-refractivity contribution in [3.05, 3.63) is 47.5 Å². The minimum absolute atomic E-state index is 0. The van der Waals surface area contributed by atoms with E-state index in [0.29, 0.717) is 38.1 Å². The van der Waals surface area contributed by atoms with Crippen molar-refractivity contribution in [2.45, 2.75) is 9.79 Å². The number of aliphatic hydroxyl groups is 2. The Labute approximate surface area is 392 Å². The van der Waals surface area contributed by atoms with Gasteiger partial charge in [-0.15, -0.1) is 0 Å². The average molecular weight is 887 g/mol. The van der Waals surface area contributed by atoms with Crippen LogP contribution in [0.1, 0.15) is 11.1 Å². The fourth-order valence-corrected chi connectivity index (χ4v) is 7.39. The topological polar surface area (TPSA) is 293 Å². The van der Waals surface area contributed by atoms with E-state index < -0.39 is 30.0 Å². The van der Waals surface area contributed by atoms with Crippen LogP contribution in [0.4, 0.5) is 47.1 Å². The van der Waals surface area contributed by atoms with Gasteiger partial charge in [0.05, 0.1) is 23.0 Å². The van der Waals surface area contributed by atoms with Crippen molar-refractivity contribution >= 4 is 79.5 Å². The SMILES string of the molecule is CN1CCN(c2nc(NCCO)nc(Nc3ccc(/C=C/c4ccc(Nc5nc(NCCO)nc(N6CCN(C)CC6)n5)cc4S(=O)(=O)[O-])c(S(=O)(=O)[O-])c3)n2)CC1.[Na+].[Na+]. The van der Waals surface area contributed by atoms with E-state index >= 15 is 0 Å². The molecule has 2 saturated heterocycles. The Hall–Kier alpha value is -3.34. The number of nitrogens with one attached hydrogen (secondary N) is 4. The average Bonchev–Trinajstić information content (AvgIpc) is 3.18. The van der Waals surface area contributed by atoms with Crippen LogP contribution in [0.3, 0.4) is 0 Å². The number of likely N-dealkylation sites (N-methyl/N-ethyl adjacent to an activating group) is 2. The summed E-state index contributed by atoms with van der Waals surface area (Å²) in [5.41, 5.74) is 0.135. The van der Waals surface area contributed by atoms with E-state index in [1.807, 2.05) is 23.9 Å². The Bertz CT molecular complexity index is 2170. The number of anilines is 8. The summed E-state index contributed by atoms with van der Waals surface area (Å²) in [5, 5.41) is 30.3. The Kier molecular flexibility index (Phi) is 18.2. The normalized spacial score (nSPS) is 15.3. The van der Waals surface area contributed by atoms with Crippen molar-refractivity contribution in [1.29, 1.82) is 0 Å². The van der Waals surface area contributed by atoms with Crippen molar-refractivity contribution < 1.29 is 95.3 Å². The van der Waals surface area contributed by atoms with Crippen LogP contribution in [-0.2, 0) is 20.2 Å². The zero-order chi connectivity index (χ0) is 41.5. The van der Waals surface area contributed by atoms with Crippen LogP contribution in [-0.4, -0.2) is 169 Å². The van der Waals surface area contributed by atoms with Crippen LogP contribution in [0, 0.1) is 0 Å². The van der Waals surface area contributed by atoms with Crippen molar-refractivity contribution in [2.75, 3.05) is 124 Å². The van der Waals surface area contributed by atoms with Gasteiger partial charge in [0.15, 0.2) is 0 Å². The van der Waals surface area contributed by atoms with Crippen molar-refractivity contribution in [1.82, 2.24) is 39.7 Å². The van der Waals surface area contributed by atoms with Crippen molar-refractivity contribution in [3.63, 3.8) is 0 Å². The number of hydrogen-bond donors (Lipinski definition) is 6. The minimum atomic E-state index is -5.09. The molecule has 60 heavy (non-hydrogen) atoms. The second-order valence-corrected chi connectivity index (χ2v) is 16.1. The van der Waals surface area contributed by atoms with Crippen molar-refractivity contribution in [2.24, 2.45) is 0 Å². The summed E-state index contributed by atoms with van der Waals surface area (Å²) in [4.78, 5) is 33.5. The van der Waals surface area contributed by atoms with E-state index in [0.717, 1.165) is 38.3 Å². The first-order valence-electron chi connectivity index (χ1n) is 18.2. The molecule has 0 aliphatic carbocycles. The minimum Gasteiger partial charge on any atom is -0.744 e. The van der Waals surface area contributed by atoms with Gasteiger partial charge in [0, 0.05) is 76.8 Å². The van der Waals surface area contributed by atoms with E-state index in [-0.39, 0.29) is 132 Å². The molecule has 0 radical (unpaired) electrons. The standard InChI is InChI=1S/C34H46N14O8S2.2Na/c1-45-11-15-47(16-12-45)33-41-29(35-9-19-49)39-31(43-33)37-25-7-5-23(27(21-25)57(51,52)53)3-4-24-6-8-26(22-28(24)58(54,55)56)38-32-40-30(36-10-20-50)42-34(44-32)48-17-13-46(2)14-18-48;;/h3-8,21-22,49-50H,9-20H2,1-2H3,(H,51,52,53)(H,54,55,56)(H2,35,37,39,41,43)(H2,36,38,40,42,44);;/q;2*+1/p-2/b4-3+;;. The fourth-order valence-electron chi connectivity index (χ4n) is 6.00. The van der Waals surface area contributed by atoms with E-state index in [9.17, 15) is 36.2 Å². The first kappa shape index (κ1) is 49.3. The van der Waals surface area contributed by atoms with Gasteiger partial charge in [-0.25, -0.2) is 16.8 Å². The molecule has 0 atom stereocenters. The molecule has 312 valence electrons. The number of hydrogen-bond acceptors (Lipinski definition) is 22. The molecule has 0 spiro atoms. The van der Waals surface area contributed by atoms with E-state index in [1.165, 1.54) is 36.4 Å². The predicted octanol–water partition coefficient (Wildman–Crippen LogP) is -6.16. The summed E-state index contributed by atoms with van der Waals surface area (Å²) in [5.74, 6) is 1.15. The zero-order valence-corrected chi connectivity index (χ0v) is 39.4. The van der Waals surface area contributed by atoms with Gasteiger partial charge in [-0.05, 0) is 49.5 Å². The number of aliphatic hydroxyl groups excluding tert-OH is 2. The third-order valence-corrected chi connectivity index (χ3v) is 10.9. The molecule has 0 bridgehead atoms. The Balaban J connectivity index is 0.00000397. The first-order valence-corrected chi connectivity index (χ1v) is 21.0. The molecule has 2 aromatic heterocycles. The Morgan fingerprint density at radius 1 is 0.583 bits per heavy atom. The first-order chi connectivity index (χ1) is 27.7. The largest absolute Gasteiger partial charge is 1.00 e. The number of piperazine rings is 2. The molecule has 22 nitrogen and oxygen atoms in total. The molecule has 2 aliphatic rings. The summed E-state index contributed by atoms with van der Waals surface area (Å²) in [6, 6.07) is 7.80. The van der Waals surface area contributed by atoms with Gasteiger partial charge in [0.2, 0.25) is 35.7 Å². The van der Waals surface area contributed by atoms with Crippen molar-refractivity contribution in [3.8, 4) is 0 Å². The predicted molar refractivity (Wildman–Crippen MR) is 215 cm³/mol. The van der Waals surface area contributed by atoms with E-state index in [1.54, 1.807) is 0 Å². The Morgan fingerprint density at radius 2 is 0.933 bits per heavy atom. The molecule has 0 saturated carbocycles. The molecule has 6 rings (SSSR count). The molecule has 4 aromatic rings. The maximum atomic E-state index is 12.5.